The van der Waals surface area contributed by atoms with Crippen LogP contribution in [0.1, 0.15) is 22.8 Å². The third kappa shape index (κ3) is 3.63. The van der Waals surface area contributed by atoms with E-state index in [4.69, 9.17) is 14.2 Å². The Labute approximate surface area is 139 Å². The summed E-state index contributed by atoms with van der Waals surface area (Å²) in [6.07, 6.45) is 2.04. The van der Waals surface area contributed by atoms with Crippen molar-refractivity contribution in [3.63, 3.8) is 0 Å². The Morgan fingerprint density at radius 3 is 2.62 bits per heavy atom. The van der Waals surface area contributed by atoms with Gasteiger partial charge in [-0.3, -0.25) is 4.79 Å². The molecular formula is C19H16O5. The molecule has 1 aliphatic rings. The van der Waals surface area contributed by atoms with Crippen LogP contribution in [0.3, 0.4) is 0 Å². The molecule has 0 radical (unpaired) electrons. The predicted molar refractivity (Wildman–Crippen MR) is 87.9 cm³/mol. The van der Waals surface area contributed by atoms with E-state index in [0.717, 1.165) is 5.56 Å². The van der Waals surface area contributed by atoms with Crippen molar-refractivity contribution in [1.29, 1.82) is 0 Å². The molecule has 122 valence electrons. The van der Waals surface area contributed by atoms with Crippen molar-refractivity contribution in [2.45, 2.75) is 13.0 Å². The molecule has 0 amide bonds. The van der Waals surface area contributed by atoms with Crippen LogP contribution in [0.4, 0.5) is 0 Å². The lowest BCUT2D eigenvalue weighted by Gasteiger charge is -2.10. The van der Waals surface area contributed by atoms with Crippen LogP contribution >= 0.6 is 0 Å². The van der Waals surface area contributed by atoms with Crippen molar-refractivity contribution in [2.75, 3.05) is 6.79 Å². The maximum absolute atomic E-state index is 12.2. The average Bonchev–Trinajstić information content (AvgIpc) is 3.07. The van der Waals surface area contributed by atoms with Crippen LogP contribution in [-0.2, 0) is 9.53 Å². The van der Waals surface area contributed by atoms with Gasteiger partial charge in [0.05, 0.1) is 0 Å². The quantitative estimate of drug-likeness (QED) is 0.480. The van der Waals surface area contributed by atoms with Crippen LogP contribution in [-0.4, -0.2) is 24.6 Å². The molecule has 0 bridgehead atoms. The van der Waals surface area contributed by atoms with Gasteiger partial charge < -0.3 is 14.2 Å². The van der Waals surface area contributed by atoms with Crippen LogP contribution in [0.2, 0.25) is 0 Å². The van der Waals surface area contributed by atoms with Crippen molar-refractivity contribution in [3.8, 4) is 11.5 Å². The fourth-order valence-corrected chi connectivity index (χ4v) is 2.29. The van der Waals surface area contributed by atoms with E-state index in [1.54, 1.807) is 55.5 Å². The molecule has 2 aromatic carbocycles. The van der Waals surface area contributed by atoms with E-state index in [1.165, 1.54) is 6.08 Å². The second kappa shape index (κ2) is 7.00. The summed E-state index contributed by atoms with van der Waals surface area (Å²) in [5, 5.41) is 0. The Bertz CT molecular complexity index is 780. The third-order valence-electron chi connectivity index (χ3n) is 3.53. The van der Waals surface area contributed by atoms with Gasteiger partial charge in [0.1, 0.15) is 0 Å². The fraction of sp³-hybridized carbons (Fsp3) is 0.158. The molecule has 5 nitrogen and oxygen atoms in total. The van der Waals surface area contributed by atoms with Gasteiger partial charge in [0.25, 0.3) is 0 Å². The first-order chi connectivity index (χ1) is 11.6. The molecule has 0 N–H and O–H groups in total. The molecule has 0 saturated carbocycles. The first kappa shape index (κ1) is 15.8. The van der Waals surface area contributed by atoms with Gasteiger partial charge in [-0.25, -0.2) is 4.79 Å². The number of rotatable bonds is 5. The Hall–Kier alpha value is -3.08. The lowest BCUT2D eigenvalue weighted by atomic mass is 10.1. The fourth-order valence-electron chi connectivity index (χ4n) is 2.29. The molecule has 3 rings (SSSR count). The Balaban J connectivity index is 1.60. The van der Waals surface area contributed by atoms with Crippen LogP contribution in [0.25, 0.3) is 6.08 Å². The summed E-state index contributed by atoms with van der Waals surface area (Å²) in [5.41, 5.74) is 1.29. The lowest BCUT2D eigenvalue weighted by Crippen LogP contribution is -2.23. The molecule has 0 spiro atoms. The first-order valence-electron chi connectivity index (χ1n) is 7.51. The van der Waals surface area contributed by atoms with E-state index in [9.17, 15) is 9.59 Å². The van der Waals surface area contributed by atoms with Gasteiger partial charge in [-0.1, -0.05) is 36.4 Å². The van der Waals surface area contributed by atoms with Crippen molar-refractivity contribution in [3.05, 3.63) is 65.7 Å². The molecule has 0 fully saturated rings. The monoisotopic (exact) mass is 324 g/mol. The number of hydrogen-bond acceptors (Lipinski definition) is 5. The van der Waals surface area contributed by atoms with Gasteiger partial charge in [0, 0.05) is 11.6 Å². The first-order valence-corrected chi connectivity index (χ1v) is 7.51. The maximum Gasteiger partial charge on any atom is 0.331 e. The van der Waals surface area contributed by atoms with E-state index in [0.29, 0.717) is 17.1 Å². The zero-order chi connectivity index (χ0) is 16.9. The summed E-state index contributed by atoms with van der Waals surface area (Å²) >= 11 is 0. The van der Waals surface area contributed by atoms with Crippen LogP contribution in [0, 0.1) is 0 Å². The third-order valence-corrected chi connectivity index (χ3v) is 3.53. The topological polar surface area (TPSA) is 61.8 Å². The molecule has 0 aromatic heterocycles. The van der Waals surface area contributed by atoms with Crippen LogP contribution < -0.4 is 9.47 Å². The number of Topliss-reactive ketones (excluding diaryl/α,β-unsaturated/α-hetero) is 1. The summed E-state index contributed by atoms with van der Waals surface area (Å²) in [4.78, 5) is 24.0. The maximum atomic E-state index is 12.2. The number of carbonyl (C=O) groups is 2. The van der Waals surface area contributed by atoms with E-state index in [1.807, 2.05) is 6.07 Å². The Kier molecular flexibility index (Phi) is 4.61. The summed E-state index contributed by atoms with van der Waals surface area (Å²) in [6, 6.07) is 14.1. The molecule has 0 saturated heterocycles. The molecule has 5 heteroatoms. The van der Waals surface area contributed by atoms with Crippen LogP contribution in [0.5, 0.6) is 11.5 Å². The highest BCUT2D eigenvalue weighted by Crippen LogP contribution is 2.32. The van der Waals surface area contributed by atoms with E-state index in [-0.39, 0.29) is 12.6 Å². The number of fused-ring (bicyclic) bond motifs is 1. The standard InChI is InChI=1S/C19H16O5/c1-13(19(21)15-5-3-2-4-6-15)24-18(20)10-8-14-7-9-16-17(11-14)23-12-22-16/h2-11,13H,12H2,1H3. The van der Waals surface area contributed by atoms with Gasteiger partial charge in [-0.2, -0.15) is 0 Å². The molecule has 1 atom stereocenters. The van der Waals surface area contributed by atoms with Crippen molar-refractivity contribution >= 4 is 17.8 Å². The average molecular weight is 324 g/mol. The normalized spacial score (nSPS) is 13.7. The second-order valence-electron chi connectivity index (χ2n) is 5.26. The van der Waals surface area contributed by atoms with Gasteiger partial charge in [0.2, 0.25) is 12.6 Å². The van der Waals surface area contributed by atoms with Gasteiger partial charge in [0.15, 0.2) is 17.6 Å². The van der Waals surface area contributed by atoms with Crippen molar-refractivity contribution in [2.24, 2.45) is 0 Å². The highest BCUT2D eigenvalue weighted by atomic mass is 16.7. The minimum Gasteiger partial charge on any atom is -0.454 e. The summed E-state index contributed by atoms with van der Waals surface area (Å²) in [5.74, 6) is 0.500. The van der Waals surface area contributed by atoms with Gasteiger partial charge in [-0.05, 0) is 30.7 Å². The number of esters is 1. The molecule has 0 aliphatic carbocycles. The molecule has 1 aliphatic heterocycles. The number of ether oxygens (including phenoxy) is 3. The van der Waals surface area contributed by atoms with Crippen molar-refractivity contribution < 1.29 is 23.8 Å². The lowest BCUT2D eigenvalue weighted by molar-refractivity contribution is -0.140. The van der Waals surface area contributed by atoms with E-state index < -0.39 is 12.1 Å². The predicted octanol–water partition coefficient (Wildman–Crippen LogP) is 3.24. The second-order valence-corrected chi connectivity index (χ2v) is 5.26. The minimum absolute atomic E-state index is 0.198. The van der Waals surface area contributed by atoms with E-state index in [2.05, 4.69) is 0 Å². The van der Waals surface area contributed by atoms with Crippen LogP contribution in [0.15, 0.2) is 54.6 Å². The summed E-state index contributed by atoms with van der Waals surface area (Å²) < 4.78 is 15.6. The number of ketones is 1. The Morgan fingerprint density at radius 1 is 1.08 bits per heavy atom. The van der Waals surface area contributed by atoms with Gasteiger partial charge in [-0.15, -0.1) is 0 Å². The zero-order valence-corrected chi connectivity index (χ0v) is 13.1. The smallest absolute Gasteiger partial charge is 0.331 e. The molecule has 1 heterocycles. The number of hydrogen-bond donors (Lipinski definition) is 0. The number of benzene rings is 2. The molecule has 24 heavy (non-hydrogen) atoms. The van der Waals surface area contributed by atoms with Crippen molar-refractivity contribution in [1.82, 2.24) is 0 Å². The molecular weight excluding hydrogens is 308 g/mol. The zero-order valence-electron chi connectivity index (χ0n) is 13.1. The van der Waals surface area contributed by atoms with E-state index >= 15 is 0 Å². The SMILES string of the molecule is CC(OC(=O)C=Cc1ccc2c(c1)OCO2)C(=O)c1ccccc1. The molecule has 1 unspecified atom stereocenters. The molecule has 2 aromatic rings. The summed E-state index contributed by atoms with van der Waals surface area (Å²) in [7, 11) is 0. The highest BCUT2D eigenvalue weighted by Gasteiger charge is 2.18. The number of carbonyl (C=O) groups excluding carboxylic acids is 2. The van der Waals surface area contributed by atoms with Gasteiger partial charge >= 0.3 is 5.97 Å². The summed E-state index contributed by atoms with van der Waals surface area (Å²) in [6.45, 7) is 1.76. The highest BCUT2D eigenvalue weighted by molar-refractivity contribution is 6.01. The Morgan fingerprint density at radius 2 is 1.83 bits per heavy atom. The minimum atomic E-state index is -0.846. The largest absolute Gasteiger partial charge is 0.454 e.